The minimum Gasteiger partial charge on any atom is -0.470 e. The van der Waals surface area contributed by atoms with E-state index in [-0.39, 0.29) is 12.5 Å². The Morgan fingerprint density at radius 3 is 2.62 bits per heavy atom. The van der Waals surface area contributed by atoms with E-state index in [1.54, 1.807) is 43.0 Å². The van der Waals surface area contributed by atoms with Crippen molar-refractivity contribution in [2.45, 2.75) is 13.5 Å². The van der Waals surface area contributed by atoms with E-state index in [2.05, 4.69) is 25.4 Å². The first kappa shape index (κ1) is 19.6. The Labute approximate surface area is 182 Å². The van der Waals surface area contributed by atoms with Gasteiger partial charge in [-0.1, -0.05) is 23.4 Å². The maximum Gasteiger partial charge on any atom is 0.254 e. The summed E-state index contributed by atoms with van der Waals surface area (Å²) < 4.78 is 12.8. The van der Waals surface area contributed by atoms with Gasteiger partial charge in [-0.2, -0.15) is 4.52 Å². The van der Waals surface area contributed by atoms with Gasteiger partial charge in [0.15, 0.2) is 11.3 Å². The average molecular weight is 429 g/mol. The lowest BCUT2D eigenvalue weighted by Gasteiger charge is -2.11. The zero-order valence-corrected chi connectivity index (χ0v) is 17.7. The first-order chi connectivity index (χ1) is 15.5. The van der Waals surface area contributed by atoms with Gasteiger partial charge in [0.1, 0.15) is 12.4 Å². The smallest absolute Gasteiger partial charge is 0.254 e. The summed E-state index contributed by atoms with van der Waals surface area (Å²) in [7, 11) is 3.40. The van der Waals surface area contributed by atoms with E-state index in [1.165, 1.54) is 4.90 Å². The van der Waals surface area contributed by atoms with Crippen molar-refractivity contribution in [2.75, 3.05) is 14.1 Å². The fourth-order valence-electron chi connectivity index (χ4n) is 3.33. The van der Waals surface area contributed by atoms with E-state index >= 15 is 0 Å². The van der Waals surface area contributed by atoms with Crippen molar-refractivity contribution < 1.29 is 14.1 Å². The maximum absolute atomic E-state index is 12.0. The molecule has 1 amide bonds. The Morgan fingerprint density at radius 2 is 1.94 bits per heavy atom. The van der Waals surface area contributed by atoms with Crippen LogP contribution in [-0.2, 0) is 6.61 Å². The number of hydrogen-bond acceptors (Lipinski definition) is 8. The van der Waals surface area contributed by atoms with Crippen LogP contribution in [0.4, 0.5) is 0 Å². The van der Waals surface area contributed by atoms with Gasteiger partial charge in [0.05, 0.1) is 11.3 Å². The Balaban J connectivity index is 1.51. The zero-order valence-electron chi connectivity index (χ0n) is 17.7. The first-order valence-electron chi connectivity index (χ1n) is 9.88. The molecule has 10 nitrogen and oxygen atoms in total. The topological polar surface area (TPSA) is 112 Å². The van der Waals surface area contributed by atoms with Gasteiger partial charge in [-0.25, -0.2) is 0 Å². The molecule has 10 heteroatoms. The predicted molar refractivity (Wildman–Crippen MR) is 115 cm³/mol. The second kappa shape index (κ2) is 7.73. The summed E-state index contributed by atoms with van der Waals surface area (Å²) in [5, 5.41) is 18.9. The fourth-order valence-corrected chi connectivity index (χ4v) is 3.33. The molecule has 0 aliphatic carbocycles. The minimum absolute atomic E-state index is 0.105. The second-order valence-corrected chi connectivity index (χ2v) is 7.46. The van der Waals surface area contributed by atoms with Crippen molar-refractivity contribution in [1.82, 2.24) is 34.9 Å². The monoisotopic (exact) mass is 429 g/mol. The summed E-state index contributed by atoms with van der Waals surface area (Å²) in [4.78, 5) is 17.9. The van der Waals surface area contributed by atoms with Crippen LogP contribution in [0.5, 0.6) is 5.88 Å². The number of hydrogen-bond donors (Lipinski definition) is 0. The summed E-state index contributed by atoms with van der Waals surface area (Å²) >= 11 is 0. The Morgan fingerprint density at radius 1 is 1.12 bits per heavy atom. The molecule has 0 bridgehead atoms. The van der Waals surface area contributed by atoms with Gasteiger partial charge >= 0.3 is 0 Å². The highest BCUT2D eigenvalue weighted by atomic mass is 16.5. The van der Waals surface area contributed by atoms with Gasteiger partial charge in [-0.15, -0.1) is 15.3 Å². The van der Waals surface area contributed by atoms with E-state index in [4.69, 9.17) is 9.26 Å². The molecule has 4 heterocycles. The van der Waals surface area contributed by atoms with Crippen molar-refractivity contribution in [3.63, 3.8) is 0 Å². The molecule has 0 saturated carbocycles. The van der Waals surface area contributed by atoms with E-state index < -0.39 is 0 Å². The number of rotatable bonds is 5. The van der Waals surface area contributed by atoms with Crippen molar-refractivity contribution in [1.29, 1.82) is 0 Å². The van der Waals surface area contributed by atoms with Crippen LogP contribution in [0.25, 0.3) is 27.9 Å². The highest BCUT2D eigenvalue weighted by molar-refractivity contribution is 5.97. The molecule has 0 fully saturated rings. The summed E-state index contributed by atoms with van der Waals surface area (Å²) in [6.07, 6.45) is 1.54. The van der Waals surface area contributed by atoms with E-state index in [0.29, 0.717) is 40.1 Å². The molecule has 0 radical (unpaired) electrons. The standard InChI is InChI=1S/C22H19N7O3/c1-13-10-18(27-32-13)20-25-24-19-16-6-4-5-7-17(16)21(26-29(19)20)31-12-15-9-8-14(11-23-15)22(30)28(2)3/h4-11H,12H2,1-3H3. The van der Waals surface area contributed by atoms with Gasteiger partial charge in [0, 0.05) is 37.1 Å². The SMILES string of the molecule is Cc1cc(-c2nnc3c4ccccc4c(OCc4ccc(C(=O)N(C)C)cn4)nn23)no1. The lowest BCUT2D eigenvalue weighted by molar-refractivity contribution is 0.0827. The number of benzene rings is 1. The van der Waals surface area contributed by atoms with Crippen molar-refractivity contribution in [3.8, 4) is 17.4 Å². The number of ether oxygens (including phenoxy) is 1. The van der Waals surface area contributed by atoms with Gasteiger partial charge in [-0.05, 0) is 25.1 Å². The Hall–Kier alpha value is -4.34. The number of pyridine rings is 1. The molecule has 5 rings (SSSR count). The summed E-state index contributed by atoms with van der Waals surface area (Å²) in [6.45, 7) is 1.99. The summed E-state index contributed by atoms with van der Waals surface area (Å²) in [5.41, 5.74) is 2.31. The average Bonchev–Trinajstić information content (AvgIpc) is 3.43. The molecule has 0 unspecified atom stereocenters. The third-order valence-corrected chi connectivity index (χ3v) is 4.92. The molecule has 4 aromatic heterocycles. The van der Waals surface area contributed by atoms with Gasteiger partial charge < -0.3 is 14.2 Å². The highest BCUT2D eigenvalue weighted by Gasteiger charge is 2.18. The maximum atomic E-state index is 12.0. The normalized spacial score (nSPS) is 11.2. The van der Waals surface area contributed by atoms with Crippen LogP contribution in [0.1, 0.15) is 21.8 Å². The number of carbonyl (C=O) groups is 1. The molecule has 0 spiro atoms. The van der Waals surface area contributed by atoms with Gasteiger partial charge in [0.25, 0.3) is 5.91 Å². The van der Waals surface area contributed by atoms with Gasteiger partial charge in [0.2, 0.25) is 11.7 Å². The molecule has 0 aliphatic rings. The number of fused-ring (bicyclic) bond motifs is 3. The molecule has 0 saturated heterocycles. The number of aryl methyl sites for hydroxylation is 1. The van der Waals surface area contributed by atoms with Gasteiger partial charge in [-0.3, -0.25) is 9.78 Å². The molecular formula is C22H19N7O3. The third kappa shape index (κ3) is 3.41. The minimum atomic E-state index is -0.105. The lowest BCUT2D eigenvalue weighted by atomic mass is 10.2. The Bertz CT molecular complexity index is 1440. The molecule has 0 atom stereocenters. The quantitative estimate of drug-likeness (QED) is 0.419. The number of carbonyl (C=O) groups excluding carboxylic acids is 1. The van der Waals surface area contributed by atoms with E-state index in [1.807, 2.05) is 31.2 Å². The molecule has 160 valence electrons. The summed E-state index contributed by atoms with van der Waals surface area (Å²) in [6, 6.07) is 12.9. The first-order valence-corrected chi connectivity index (χ1v) is 9.88. The van der Waals surface area contributed by atoms with E-state index in [0.717, 1.165) is 10.8 Å². The number of amides is 1. The van der Waals surface area contributed by atoms with Crippen LogP contribution in [-0.4, -0.2) is 54.9 Å². The van der Waals surface area contributed by atoms with Crippen LogP contribution in [0, 0.1) is 6.92 Å². The Kier molecular flexibility index (Phi) is 4.74. The van der Waals surface area contributed by atoms with Crippen LogP contribution in [0.2, 0.25) is 0 Å². The second-order valence-electron chi connectivity index (χ2n) is 7.46. The largest absolute Gasteiger partial charge is 0.470 e. The van der Waals surface area contributed by atoms with Crippen LogP contribution < -0.4 is 4.74 Å². The van der Waals surface area contributed by atoms with Crippen LogP contribution in [0.3, 0.4) is 0 Å². The van der Waals surface area contributed by atoms with E-state index in [9.17, 15) is 4.79 Å². The predicted octanol–water partition coefficient (Wildman–Crippen LogP) is 2.92. The fraction of sp³-hybridized carbons (Fsp3) is 0.182. The van der Waals surface area contributed by atoms with Crippen molar-refractivity contribution in [3.05, 3.63) is 65.7 Å². The third-order valence-electron chi connectivity index (χ3n) is 4.92. The molecular weight excluding hydrogens is 410 g/mol. The molecule has 5 aromatic rings. The molecule has 0 N–H and O–H groups in total. The number of nitrogens with zero attached hydrogens (tertiary/aromatic N) is 7. The highest BCUT2D eigenvalue weighted by Crippen LogP contribution is 2.29. The number of aromatic nitrogens is 6. The molecule has 0 aliphatic heterocycles. The lowest BCUT2D eigenvalue weighted by Crippen LogP contribution is -2.21. The van der Waals surface area contributed by atoms with Crippen LogP contribution in [0.15, 0.2) is 53.2 Å². The summed E-state index contributed by atoms with van der Waals surface area (Å²) in [5.74, 6) is 1.42. The van der Waals surface area contributed by atoms with Crippen LogP contribution >= 0.6 is 0 Å². The molecule has 1 aromatic carbocycles. The zero-order chi connectivity index (χ0) is 22.2. The van der Waals surface area contributed by atoms with Crippen molar-refractivity contribution in [2.24, 2.45) is 0 Å². The van der Waals surface area contributed by atoms with Crippen molar-refractivity contribution >= 4 is 22.3 Å². The molecule has 32 heavy (non-hydrogen) atoms.